The summed E-state index contributed by atoms with van der Waals surface area (Å²) in [6, 6.07) is 19.2. The van der Waals surface area contributed by atoms with Crippen molar-refractivity contribution in [1.82, 2.24) is 9.97 Å². The molecule has 1 aromatic heterocycles. The number of aromatic nitrogens is 2. The average Bonchev–Trinajstić information content (AvgIpc) is 2.62. The fourth-order valence-corrected chi connectivity index (χ4v) is 2.56. The first kappa shape index (κ1) is 17.6. The second-order valence-electron chi connectivity index (χ2n) is 6.41. The minimum atomic E-state index is -0.260. The molecule has 0 bridgehead atoms. The van der Waals surface area contributed by atoms with Gasteiger partial charge in [-0.1, -0.05) is 44.2 Å². The number of nitrogens with zero attached hydrogens (tertiary/aromatic N) is 2. The Bertz CT molecular complexity index is 890. The monoisotopic (exact) mass is 346 g/mol. The third kappa shape index (κ3) is 4.45. The molecule has 0 fully saturated rings. The quantitative estimate of drug-likeness (QED) is 0.689. The lowest BCUT2D eigenvalue weighted by Gasteiger charge is -2.10. The van der Waals surface area contributed by atoms with Gasteiger partial charge in [0.05, 0.1) is 0 Å². The Labute approximate surface area is 153 Å². The lowest BCUT2D eigenvalue weighted by molar-refractivity contribution is 0.102. The van der Waals surface area contributed by atoms with Crippen molar-refractivity contribution in [2.75, 3.05) is 10.6 Å². The molecular weight excluding hydrogens is 324 g/mol. The number of hydrogen-bond donors (Lipinski definition) is 2. The number of para-hydroxylation sites is 1. The van der Waals surface area contributed by atoms with Gasteiger partial charge in [0.2, 0.25) is 0 Å². The summed E-state index contributed by atoms with van der Waals surface area (Å²) in [5, 5.41) is 6.08. The molecule has 0 saturated carbocycles. The number of carbonyl (C=O) groups excluding carboxylic acids is 1. The van der Waals surface area contributed by atoms with Gasteiger partial charge in [-0.3, -0.25) is 4.79 Å². The maximum atomic E-state index is 12.6. The van der Waals surface area contributed by atoms with E-state index in [0.29, 0.717) is 23.3 Å². The largest absolute Gasteiger partial charge is 0.340 e. The molecule has 0 spiro atoms. The first-order chi connectivity index (χ1) is 12.5. The van der Waals surface area contributed by atoms with Gasteiger partial charge in [0.25, 0.3) is 5.91 Å². The van der Waals surface area contributed by atoms with Crippen LogP contribution in [0.4, 0.5) is 17.2 Å². The highest BCUT2D eigenvalue weighted by Gasteiger charge is 2.11. The third-order valence-corrected chi connectivity index (χ3v) is 3.95. The Morgan fingerprint density at radius 1 is 0.923 bits per heavy atom. The van der Waals surface area contributed by atoms with Crippen molar-refractivity contribution in [2.45, 2.75) is 26.7 Å². The zero-order valence-corrected chi connectivity index (χ0v) is 15.2. The molecule has 3 aromatic rings. The van der Waals surface area contributed by atoms with Crippen LogP contribution in [0.1, 0.15) is 41.6 Å². The van der Waals surface area contributed by atoms with Crippen molar-refractivity contribution in [1.29, 1.82) is 0 Å². The molecule has 0 atom stereocenters. The average molecular weight is 346 g/mol. The van der Waals surface area contributed by atoms with E-state index in [0.717, 1.165) is 11.4 Å². The Morgan fingerprint density at radius 3 is 2.27 bits per heavy atom. The molecule has 0 saturated heterocycles. The van der Waals surface area contributed by atoms with E-state index in [9.17, 15) is 4.79 Å². The highest BCUT2D eigenvalue weighted by Crippen LogP contribution is 2.19. The van der Waals surface area contributed by atoms with Gasteiger partial charge in [-0.25, -0.2) is 9.97 Å². The molecular formula is C21H22N4O. The minimum Gasteiger partial charge on any atom is -0.340 e. The SMILES string of the molecule is Cc1nc(Nc2ccccc2)cc(C(=O)Nc2ccc(C(C)C)cc2)n1. The van der Waals surface area contributed by atoms with Crippen molar-refractivity contribution in [3.05, 3.63) is 77.7 Å². The van der Waals surface area contributed by atoms with Crippen LogP contribution in [0.15, 0.2) is 60.7 Å². The normalized spacial score (nSPS) is 10.6. The molecule has 0 unspecified atom stereocenters. The van der Waals surface area contributed by atoms with Crippen LogP contribution in [0, 0.1) is 6.92 Å². The van der Waals surface area contributed by atoms with Crippen LogP contribution >= 0.6 is 0 Å². The van der Waals surface area contributed by atoms with Crippen molar-refractivity contribution < 1.29 is 4.79 Å². The lowest BCUT2D eigenvalue weighted by Crippen LogP contribution is -2.15. The van der Waals surface area contributed by atoms with E-state index in [4.69, 9.17) is 0 Å². The molecule has 0 aliphatic heterocycles. The Balaban J connectivity index is 1.76. The van der Waals surface area contributed by atoms with E-state index in [1.807, 2.05) is 54.6 Å². The number of nitrogens with one attached hydrogen (secondary N) is 2. The van der Waals surface area contributed by atoms with Crippen LogP contribution in [0.25, 0.3) is 0 Å². The maximum Gasteiger partial charge on any atom is 0.274 e. The van der Waals surface area contributed by atoms with Gasteiger partial charge in [0, 0.05) is 17.4 Å². The van der Waals surface area contributed by atoms with E-state index in [1.54, 1.807) is 13.0 Å². The molecule has 2 aromatic carbocycles. The number of hydrogen-bond acceptors (Lipinski definition) is 4. The topological polar surface area (TPSA) is 66.9 Å². The van der Waals surface area contributed by atoms with Crippen molar-refractivity contribution >= 4 is 23.1 Å². The van der Waals surface area contributed by atoms with E-state index in [1.165, 1.54) is 5.56 Å². The zero-order valence-electron chi connectivity index (χ0n) is 15.2. The van der Waals surface area contributed by atoms with Crippen LogP contribution < -0.4 is 10.6 Å². The number of carbonyl (C=O) groups is 1. The summed E-state index contributed by atoms with van der Waals surface area (Å²) in [6.45, 7) is 6.04. The summed E-state index contributed by atoms with van der Waals surface area (Å²) in [4.78, 5) is 21.2. The smallest absolute Gasteiger partial charge is 0.274 e. The van der Waals surface area contributed by atoms with Gasteiger partial charge in [0.1, 0.15) is 17.3 Å². The second-order valence-corrected chi connectivity index (χ2v) is 6.41. The number of rotatable bonds is 5. The molecule has 0 aliphatic carbocycles. The number of benzene rings is 2. The van der Waals surface area contributed by atoms with Crippen LogP contribution in [0.2, 0.25) is 0 Å². The highest BCUT2D eigenvalue weighted by molar-refractivity contribution is 6.03. The standard InChI is InChI=1S/C21H22N4O/c1-14(2)16-9-11-18(12-10-16)25-21(26)19-13-20(23-15(3)22-19)24-17-7-5-4-6-8-17/h4-14H,1-3H3,(H,25,26)(H,22,23,24). The molecule has 26 heavy (non-hydrogen) atoms. The first-order valence-corrected chi connectivity index (χ1v) is 8.60. The maximum absolute atomic E-state index is 12.6. The Kier molecular flexibility index (Phi) is 5.27. The van der Waals surface area contributed by atoms with Gasteiger partial charge in [-0.05, 0) is 42.7 Å². The molecule has 1 heterocycles. The fourth-order valence-electron chi connectivity index (χ4n) is 2.56. The van der Waals surface area contributed by atoms with E-state index in [-0.39, 0.29) is 5.91 Å². The predicted octanol–water partition coefficient (Wildman–Crippen LogP) is 4.90. The zero-order chi connectivity index (χ0) is 18.5. The summed E-state index contributed by atoms with van der Waals surface area (Å²) in [6.07, 6.45) is 0. The Hall–Kier alpha value is -3.21. The van der Waals surface area contributed by atoms with Crippen molar-refractivity contribution in [2.24, 2.45) is 0 Å². The highest BCUT2D eigenvalue weighted by atomic mass is 16.1. The lowest BCUT2D eigenvalue weighted by atomic mass is 10.0. The third-order valence-electron chi connectivity index (χ3n) is 3.95. The van der Waals surface area contributed by atoms with E-state index in [2.05, 4.69) is 34.4 Å². The first-order valence-electron chi connectivity index (χ1n) is 8.60. The van der Waals surface area contributed by atoms with Gasteiger partial charge in [-0.15, -0.1) is 0 Å². The second kappa shape index (κ2) is 7.78. The van der Waals surface area contributed by atoms with Crippen LogP contribution in [-0.4, -0.2) is 15.9 Å². The summed E-state index contributed by atoms with van der Waals surface area (Å²) >= 11 is 0. The van der Waals surface area contributed by atoms with Gasteiger partial charge in [-0.2, -0.15) is 0 Å². The molecule has 3 rings (SSSR count). The predicted molar refractivity (Wildman–Crippen MR) is 105 cm³/mol. The summed E-state index contributed by atoms with van der Waals surface area (Å²) in [5.41, 5.74) is 3.20. The van der Waals surface area contributed by atoms with Crippen LogP contribution in [-0.2, 0) is 0 Å². The van der Waals surface area contributed by atoms with Gasteiger partial charge >= 0.3 is 0 Å². The van der Waals surface area contributed by atoms with E-state index >= 15 is 0 Å². The number of amides is 1. The molecule has 0 aliphatic rings. The summed E-state index contributed by atoms with van der Waals surface area (Å²) in [7, 11) is 0. The molecule has 132 valence electrons. The molecule has 5 nitrogen and oxygen atoms in total. The molecule has 1 amide bonds. The molecule has 5 heteroatoms. The van der Waals surface area contributed by atoms with Gasteiger partial charge in [0.15, 0.2) is 0 Å². The summed E-state index contributed by atoms with van der Waals surface area (Å²) < 4.78 is 0. The number of aryl methyl sites for hydroxylation is 1. The van der Waals surface area contributed by atoms with Crippen molar-refractivity contribution in [3.8, 4) is 0 Å². The van der Waals surface area contributed by atoms with E-state index < -0.39 is 0 Å². The fraction of sp³-hybridized carbons (Fsp3) is 0.190. The minimum absolute atomic E-state index is 0.260. The molecule has 0 radical (unpaired) electrons. The molecule has 2 N–H and O–H groups in total. The van der Waals surface area contributed by atoms with Crippen molar-refractivity contribution in [3.63, 3.8) is 0 Å². The van der Waals surface area contributed by atoms with Gasteiger partial charge < -0.3 is 10.6 Å². The Morgan fingerprint density at radius 2 is 1.62 bits per heavy atom. The van der Waals surface area contributed by atoms with Crippen LogP contribution in [0.5, 0.6) is 0 Å². The summed E-state index contributed by atoms with van der Waals surface area (Å²) in [5.74, 6) is 1.31. The van der Waals surface area contributed by atoms with Crippen LogP contribution in [0.3, 0.4) is 0 Å². The number of anilines is 3.